The first kappa shape index (κ1) is 15.7. The third-order valence-electron chi connectivity index (χ3n) is 4.27. The van der Waals surface area contributed by atoms with Crippen LogP contribution in [0.2, 0.25) is 0 Å². The third-order valence-corrected chi connectivity index (χ3v) is 4.27. The van der Waals surface area contributed by atoms with Crippen LogP contribution >= 0.6 is 0 Å². The van der Waals surface area contributed by atoms with Gasteiger partial charge >= 0.3 is 0 Å². The Labute approximate surface area is 137 Å². The lowest BCUT2D eigenvalue weighted by Crippen LogP contribution is -2.64. The number of nitrogens with one attached hydrogen (secondary N) is 1. The Morgan fingerprint density at radius 2 is 1.74 bits per heavy atom. The van der Waals surface area contributed by atoms with Crippen molar-refractivity contribution in [2.45, 2.75) is 24.9 Å². The van der Waals surface area contributed by atoms with Crippen LogP contribution in [-0.4, -0.2) is 31.1 Å². The summed E-state index contributed by atoms with van der Waals surface area (Å²) in [6.45, 7) is 1.39. The van der Waals surface area contributed by atoms with Gasteiger partial charge in [-0.3, -0.25) is 4.79 Å². The van der Waals surface area contributed by atoms with E-state index in [1.165, 1.54) is 5.56 Å². The van der Waals surface area contributed by atoms with E-state index < -0.39 is 0 Å². The number of amides is 1. The molecule has 1 fully saturated rings. The van der Waals surface area contributed by atoms with Crippen molar-refractivity contribution in [3.05, 3.63) is 66.2 Å². The van der Waals surface area contributed by atoms with Gasteiger partial charge in [-0.2, -0.15) is 0 Å². The Morgan fingerprint density at radius 3 is 2.39 bits per heavy atom. The Bertz CT molecular complexity index is 630. The Morgan fingerprint density at radius 1 is 1.09 bits per heavy atom. The highest BCUT2D eigenvalue weighted by molar-refractivity contribution is 6.03. The summed E-state index contributed by atoms with van der Waals surface area (Å²) in [6.07, 6.45) is 1.89. The fourth-order valence-electron chi connectivity index (χ4n) is 2.81. The number of carbonyl (C=O) groups excluding carboxylic acids is 1. The molecule has 1 unspecified atom stereocenters. The molecular formula is C19H23N3O. The summed E-state index contributed by atoms with van der Waals surface area (Å²) >= 11 is 0. The quantitative estimate of drug-likeness (QED) is 0.769. The van der Waals surface area contributed by atoms with Crippen molar-refractivity contribution < 1.29 is 4.79 Å². The molecule has 4 heteroatoms. The lowest BCUT2D eigenvalue weighted by atomic mass is 10.0. The van der Waals surface area contributed by atoms with Gasteiger partial charge < -0.3 is 16.0 Å². The van der Waals surface area contributed by atoms with Crippen molar-refractivity contribution >= 4 is 11.6 Å². The zero-order chi connectivity index (χ0) is 16.1. The number of benzene rings is 2. The third kappa shape index (κ3) is 3.97. The fourth-order valence-corrected chi connectivity index (χ4v) is 2.81. The number of hydrogen-bond acceptors (Lipinski definition) is 3. The van der Waals surface area contributed by atoms with E-state index in [4.69, 9.17) is 5.73 Å². The number of para-hydroxylation sites is 1. The van der Waals surface area contributed by atoms with E-state index in [0.29, 0.717) is 13.1 Å². The molecule has 3 rings (SSSR count). The molecule has 1 amide bonds. The van der Waals surface area contributed by atoms with E-state index in [1.54, 1.807) is 4.90 Å². The molecule has 0 spiro atoms. The minimum absolute atomic E-state index is 0.0637. The second kappa shape index (κ2) is 7.40. The maximum atomic E-state index is 12.2. The Balaban J connectivity index is 1.39. The van der Waals surface area contributed by atoms with E-state index in [9.17, 15) is 4.79 Å². The van der Waals surface area contributed by atoms with Crippen LogP contribution in [0, 0.1) is 0 Å². The summed E-state index contributed by atoms with van der Waals surface area (Å²) in [7, 11) is 0. The van der Waals surface area contributed by atoms with Gasteiger partial charge in [0.05, 0.1) is 6.54 Å². The number of nitrogens with zero attached hydrogens (tertiary/aromatic N) is 1. The molecule has 2 aromatic carbocycles. The van der Waals surface area contributed by atoms with Gasteiger partial charge in [0.2, 0.25) is 5.91 Å². The van der Waals surface area contributed by atoms with Gasteiger partial charge in [-0.05, 0) is 30.5 Å². The minimum atomic E-state index is -0.0991. The summed E-state index contributed by atoms with van der Waals surface area (Å²) < 4.78 is 0. The van der Waals surface area contributed by atoms with E-state index in [-0.39, 0.29) is 18.0 Å². The van der Waals surface area contributed by atoms with Crippen molar-refractivity contribution in [1.82, 2.24) is 5.32 Å². The fraction of sp³-hybridized carbons (Fsp3) is 0.316. The maximum absolute atomic E-state index is 12.2. The summed E-state index contributed by atoms with van der Waals surface area (Å²) in [4.78, 5) is 14.0. The van der Waals surface area contributed by atoms with Gasteiger partial charge in [0, 0.05) is 18.3 Å². The highest BCUT2D eigenvalue weighted by Crippen LogP contribution is 2.21. The molecule has 1 aliphatic heterocycles. The molecular weight excluding hydrogens is 286 g/mol. The van der Waals surface area contributed by atoms with Crippen molar-refractivity contribution in [2.24, 2.45) is 5.73 Å². The highest BCUT2D eigenvalue weighted by atomic mass is 16.2. The molecule has 4 nitrogen and oxygen atoms in total. The maximum Gasteiger partial charge on any atom is 0.246 e. The number of anilines is 1. The smallest absolute Gasteiger partial charge is 0.246 e. The first-order valence-electron chi connectivity index (χ1n) is 8.13. The van der Waals surface area contributed by atoms with Gasteiger partial charge in [-0.1, -0.05) is 48.5 Å². The second-order valence-corrected chi connectivity index (χ2v) is 6.03. The van der Waals surface area contributed by atoms with Gasteiger partial charge in [-0.25, -0.2) is 0 Å². The summed E-state index contributed by atoms with van der Waals surface area (Å²) in [5, 5.41) is 3.29. The lowest BCUT2D eigenvalue weighted by Gasteiger charge is -2.39. The molecule has 0 aromatic heterocycles. The molecule has 120 valence electrons. The summed E-state index contributed by atoms with van der Waals surface area (Å²) in [5.74, 6) is 0.131. The molecule has 2 atom stereocenters. The standard InChI is InChI=1S/C19H23N3O/c20-16(12-11-15-7-3-1-4-8-15)13-21-18-14-22(19(18)23)17-9-5-2-6-10-17/h1-10,16,18,21H,11-14,20H2/t16?,18-/m1/s1. The molecule has 23 heavy (non-hydrogen) atoms. The van der Waals surface area contributed by atoms with E-state index in [2.05, 4.69) is 17.4 Å². The number of β-lactam (4-membered cyclic amide) rings is 1. The van der Waals surface area contributed by atoms with Crippen LogP contribution in [0.25, 0.3) is 0 Å². The molecule has 3 N–H and O–H groups in total. The van der Waals surface area contributed by atoms with Gasteiger partial charge in [0.1, 0.15) is 6.04 Å². The summed E-state index contributed by atoms with van der Waals surface area (Å²) in [5.41, 5.74) is 8.42. The SMILES string of the molecule is NC(CCc1ccccc1)CN[C@@H]1CN(c2ccccc2)C1=O. The monoisotopic (exact) mass is 309 g/mol. The molecule has 0 bridgehead atoms. The minimum Gasteiger partial charge on any atom is -0.327 e. The Kier molecular flexibility index (Phi) is 5.05. The predicted molar refractivity (Wildman–Crippen MR) is 93.3 cm³/mol. The molecule has 1 saturated heterocycles. The van der Waals surface area contributed by atoms with Crippen LogP contribution in [-0.2, 0) is 11.2 Å². The number of aryl methyl sites for hydroxylation is 1. The topological polar surface area (TPSA) is 58.4 Å². The van der Waals surface area contributed by atoms with Gasteiger partial charge in [0.15, 0.2) is 0 Å². The average molecular weight is 309 g/mol. The predicted octanol–water partition coefficient (Wildman–Crippen LogP) is 1.95. The van der Waals surface area contributed by atoms with Crippen molar-refractivity contribution in [2.75, 3.05) is 18.0 Å². The van der Waals surface area contributed by atoms with Crippen molar-refractivity contribution in [3.8, 4) is 0 Å². The van der Waals surface area contributed by atoms with Crippen molar-refractivity contribution in [3.63, 3.8) is 0 Å². The molecule has 0 aliphatic carbocycles. The van der Waals surface area contributed by atoms with Crippen LogP contribution in [0.15, 0.2) is 60.7 Å². The largest absolute Gasteiger partial charge is 0.327 e. The van der Waals surface area contributed by atoms with Gasteiger partial charge in [0.25, 0.3) is 0 Å². The molecule has 1 heterocycles. The Hall–Kier alpha value is -2.17. The lowest BCUT2D eigenvalue weighted by molar-refractivity contribution is -0.124. The van der Waals surface area contributed by atoms with Crippen molar-refractivity contribution in [1.29, 1.82) is 0 Å². The van der Waals surface area contributed by atoms with Crippen LogP contribution in [0.4, 0.5) is 5.69 Å². The zero-order valence-electron chi connectivity index (χ0n) is 13.2. The van der Waals surface area contributed by atoms with Gasteiger partial charge in [-0.15, -0.1) is 0 Å². The number of rotatable bonds is 7. The average Bonchev–Trinajstić information content (AvgIpc) is 2.60. The van der Waals surface area contributed by atoms with Crippen LogP contribution < -0.4 is 16.0 Å². The molecule has 1 aliphatic rings. The molecule has 0 radical (unpaired) electrons. The van der Waals surface area contributed by atoms with E-state index in [1.807, 2.05) is 48.5 Å². The highest BCUT2D eigenvalue weighted by Gasteiger charge is 2.37. The number of carbonyl (C=O) groups is 1. The van der Waals surface area contributed by atoms with E-state index in [0.717, 1.165) is 18.5 Å². The van der Waals surface area contributed by atoms with Crippen LogP contribution in [0.5, 0.6) is 0 Å². The normalized spacial score (nSPS) is 18.6. The summed E-state index contributed by atoms with van der Waals surface area (Å²) in [6, 6.07) is 20.1. The van der Waals surface area contributed by atoms with Crippen LogP contribution in [0.1, 0.15) is 12.0 Å². The first-order chi connectivity index (χ1) is 11.2. The molecule has 2 aromatic rings. The number of hydrogen-bond donors (Lipinski definition) is 2. The number of nitrogens with two attached hydrogens (primary N) is 1. The van der Waals surface area contributed by atoms with E-state index >= 15 is 0 Å². The second-order valence-electron chi connectivity index (χ2n) is 6.03. The first-order valence-corrected chi connectivity index (χ1v) is 8.13. The van der Waals surface area contributed by atoms with Crippen LogP contribution in [0.3, 0.4) is 0 Å². The zero-order valence-corrected chi connectivity index (χ0v) is 13.2. The molecule has 0 saturated carbocycles.